The molecule has 1 heterocycles. The number of nitrogens with one attached hydrogen (secondary N) is 1. The Bertz CT molecular complexity index is 425. The third-order valence-corrected chi connectivity index (χ3v) is 3.78. The highest BCUT2D eigenvalue weighted by atomic mass is 16.3. The van der Waals surface area contributed by atoms with Crippen LogP contribution in [0.3, 0.4) is 0 Å². The Labute approximate surface area is 116 Å². The van der Waals surface area contributed by atoms with Gasteiger partial charge in [-0.2, -0.15) is 0 Å². The van der Waals surface area contributed by atoms with E-state index in [-0.39, 0.29) is 11.5 Å². The lowest BCUT2D eigenvalue weighted by molar-refractivity contribution is 0.184. The molecule has 0 radical (unpaired) electrons. The van der Waals surface area contributed by atoms with Gasteiger partial charge >= 0.3 is 0 Å². The molecule has 0 aliphatic carbocycles. The SMILES string of the molecule is CC1CNCC(O)CN1c1ccccc1C(C)(C)C. The number of hydrogen-bond acceptors (Lipinski definition) is 3. The topological polar surface area (TPSA) is 35.5 Å². The summed E-state index contributed by atoms with van der Waals surface area (Å²) in [6.07, 6.45) is -0.307. The van der Waals surface area contributed by atoms with E-state index in [0.29, 0.717) is 19.1 Å². The third-order valence-electron chi connectivity index (χ3n) is 3.78. The smallest absolute Gasteiger partial charge is 0.0839 e. The molecule has 106 valence electrons. The molecule has 0 bridgehead atoms. The fourth-order valence-corrected chi connectivity index (χ4v) is 2.73. The van der Waals surface area contributed by atoms with E-state index in [1.165, 1.54) is 11.3 Å². The molecule has 1 saturated heterocycles. The van der Waals surface area contributed by atoms with Crippen LogP contribution in [0.25, 0.3) is 0 Å². The van der Waals surface area contributed by atoms with Crippen molar-refractivity contribution in [2.45, 2.75) is 45.3 Å². The van der Waals surface area contributed by atoms with Crippen molar-refractivity contribution in [2.24, 2.45) is 0 Å². The maximum Gasteiger partial charge on any atom is 0.0839 e. The fourth-order valence-electron chi connectivity index (χ4n) is 2.73. The molecule has 3 heteroatoms. The Morgan fingerprint density at radius 1 is 1.21 bits per heavy atom. The summed E-state index contributed by atoms with van der Waals surface area (Å²) in [4.78, 5) is 2.34. The quantitative estimate of drug-likeness (QED) is 0.814. The molecular weight excluding hydrogens is 236 g/mol. The van der Waals surface area contributed by atoms with Gasteiger partial charge in [0.2, 0.25) is 0 Å². The minimum absolute atomic E-state index is 0.112. The van der Waals surface area contributed by atoms with E-state index < -0.39 is 0 Å². The van der Waals surface area contributed by atoms with Gasteiger partial charge < -0.3 is 15.3 Å². The number of para-hydroxylation sites is 1. The van der Waals surface area contributed by atoms with Crippen LogP contribution in [0.2, 0.25) is 0 Å². The molecule has 2 unspecified atom stereocenters. The van der Waals surface area contributed by atoms with Crippen molar-refractivity contribution in [3.8, 4) is 0 Å². The number of nitrogens with zero attached hydrogens (tertiary/aromatic N) is 1. The van der Waals surface area contributed by atoms with E-state index >= 15 is 0 Å². The second kappa shape index (κ2) is 5.51. The minimum atomic E-state index is -0.307. The number of aliphatic hydroxyl groups excluding tert-OH is 1. The number of benzene rings is 1. The van der Waals surface area contributed by atoms with Gasteiger partial charge in [0.25, 0.3) is 0 Å². The van der Waals surface area contributed by atoms with Crippen LogP contribution in [0, 0.1) is 0 Å². The van der Waals surface area contributed by atoms with Gasteiger partial charge in [-0.05, 0) is 24.0 Å². The van der Waals surface area contributed by atoms with E-state index in [4.69, 9.17) is 0 Å². The van der Waals surface area contributed by atoms with Crippen LogP contribution in [0.1, 0.15) is 33.3 Å². The first-order chi connectivity index (χ1) is 8.89. The molecule has 0 aromatic heterocycles. The Kier molecular flexibility index (Phi) is 4.16. The summed E-state index contributed by atoms with van der Waals surface area (Å²) in [5.74, 6) is 0. The Morgan fingerprint density at radius 3 is 2.58 bits per heavy atom. The summed E-state index contributed by atoms with van der Waals surface area (Å²) < 4.78 is 0. The lowest BCUT2D eigenvalue weighted by atomic mass is 9.85. The molecule has 0 saturated carbocycles. The van der Waals surface area contributed by atoms with Gasteiger partial charge in [0, 0.05) is 31.4 Å². The molecule has 2 rings (SSSR count). The van der Waals surface area contributed by atoms with Crippen molar-refractivity contribution in [3.63, 3.8) is 0 Å². The van der Waals surface area contributed by atoms with Gasteiger partial charge in [-0.15, -0.1) is 0 Å². The Morgan fingerprint density at radius 2 is 1.89 bits per heavy atom. The zero-order valence-corrected chi connectivity index (χ0v) is 12.5. The van der Waals surface area contributed by atoms with Crippen molar-refractivity contribution < 1.29 is 5.11 Å². The largest absolute Gasteiger partial charge is 0.390 e. The summed E-state index contributed by atoms with van der Waals surface area (Å²) in [5.41, 5.74) is 2.71. The molecule has 19 heavy (non-hydrogen) atoms. The monoisotopic (exact) mass is 262 g/mol. The van der Waals surface area contributed by atoms with E-state index in [1.54, 1.807) is 0 Å². The van der Waals surface area contributed by atoms with Gasteiger partial charge in [-0.25, -0.2) is 0 Å². The summed E-state index contributed by atoms with van der Waals surface area (Å²) >= 11 is 0. The second-order valence-electron chi connectivity index (χ2n) is 6.58. The molecule has 0 amide bonds. The van der Waals surface area contributed by atoms with Crippen LogP contribution in [0.5, 0.6) is 0 Å². The Hall–Kier alpha value is -1.06. The van der Waals surface area contributed by atoms with Crippen LogP contribution in [-0.2, 0) is 5.41 Å². The van der Waals surface area contributed by atoms with Crippen LogP contribution >= 0.6 is 0 Å². The number of anilines is 1. The maximum atomic E-state index is 10.0. The van der Waals surface area contributed by atoms with Crippen LogP contribution in [-0.4, -0.2) is 36.9 Å². The first kappa shape index (κ1) is 14.4. The molecule has 1 aromatic rings. The molecule has 0 spiro atoms. The number of β-amino-alcohol motifs (C(OH)–C–C–N with tert-alkyl or cyclic N) is 1. The molecule has 3 nitrogen and oxygen atoms in total. The second-order valence-corrected chi connectivity index (χ2v) is 6.58. The normalized spacial score (nSPS) is 25.2. The van der Waals surface area contributed by atoms with Gasteiger partial charge in [0.15, 0.2) is 0 Å². The van der Waals surface area contributed by atoms with E-state index in [1.807, 2.05) is 0 Å². The molecule has 1 fully saturated rings. The van der Waals surface area contributed by atoms with Crippen LogP contribution < -0.4 is 10.2 Å². The summed E-state index contributed by atoms with van der Waals surface area (Å²) in [7, 11) is 0. The van der Waals surface area contributed by atoms with Crippen molar-refractivity contribution in [1.29, 1.82) is 0 Å². The molecule has 2 N–H and O–H groups in total. The standard InChI is InChI=1S/C16H26N2O/c1-12-9-17-10-13(19)11-18(12)15-8-6-5-7-14(15)16(2,3)4/h5-8,12-13,17,19H,9-11H2,1-4H3. The summed E-state index contributed by atoms with van der Waals surface area (Å²) in [6, 6.07) is 8.95. The highest BCUT2D eigenvalue weighted by Crippen LogP contribution is 2.33. The lowest BCUT2D eigenvalue weighted by Crippen LogP contribution is -2.40. The lowest BCUT2D eigenvalue weighted by Gasteiger charge is -2.35. The summed E-state index contributed by atoms with van der Waals surface area (Å²) in [6.45, 7) is 11.2. The first-order valence-electron chi connectivity index (χ1n) is 7.14. The predicted molar refractivity (Wildman–Crippen MR) is 80.8 cm³/mol. The van der Waals surface area contributed by atoms with Crippen molar-refractivity contribution in [2.75, 3.05) is 24.5 Å². The van der Waals surface area contributed by atoms with Crippen molar-refractivity contribution >= 4 is 5.69 Å². The highest BCUT2D eigenvalue weighted by Gasteiger charge is 2.26. The van der Waals surface area contributed by atoms with E-state index in [0.717, 1.165) is 6.54 Å². The van der Waals surface area contributed by atoms with Crippen molar-refractivity contribution in [3.05, 3.63) is 29.8 Å². The number of hydrogen-bond donors (Lipinski definition) is 2. The molecule has 2 atom stereocenters. The van der Waals surface area contributed by atoms with E-state index in [9.17, 15) is 5.11 Å². The van der Waals surface area contributed by atoms with Gasteiger partial charge in [0.05, 0.1) is 6.10 Å². The number of aliphatic hydroxyl groups is 1. The van der Waals surface area contributed by atoms with Gasteiger partial charge in [-0.1, -0.05) is 39.0 Å². The van der Waals surface area contributed by atoms with Crippen molar-refractivity contribution in [1.82, 2.24) is 5.32 Å². The molecule has 1 aromatic carbocycles. The average molecular weight is 262 g/mol. The zero-order valence-electron chi connectivity index (χ0n) is 12.5. The number of rotatable bonds is 1. The molecular formula is C16H26N2O. The van der Waals surface area contributed by atoms with Gasteiger partial charge in [0.1, 0.15) is 0 Å². The fraction of sp³-hybridized carbons (Fsp3) is 0.625. The van der Waals surface area contributed by atoms with Gasteiger partial charge in [-0.3, -0.25) is 0 Å². The molecule has 1 aliphatic heterocycles. The minimum Gasteiger partial charge on any atom is -0.390 e. The maximum absolute atomic E-state index is 10.0. The predicted octanol–water partition coefficient (Wildman–Crippen LogP) is 2.14. The zero-order chi connectivity index (χ0) is 14.0. The highest BCUT2D eigenvalue weighted by molar-refractivity contribution is 5.57. The third kappa shape index (κ3) is 3.28. The summed E-state index contributed by atoms with van der Waals surface area (Å²) in [5, 5.41) is 13.3. The molecule has 1 aliphatic rings. The average Bonchev–Trinajstić information content (AvgIpc) is 2.50. The first-order valence-corrected chi connectivity index (χ1v) is 7.14. The van der Waals surface area contributed by atoms with Crippen LogP contribution in [0.15, 0.2) is 24.3 Å². The van der Waals surface area contributed by atoms with Crippen LogP contribution in [0.4, 0.5) is 5.69 Å². The van der Waals surface area contributed by atoms with E-state index in [2.05, 4.69) is 62.2 Å². The Balaban J connectivity index is 2.39.